The lowest BCUT2D eigenvalue weighted by atomic mass is 9.56. The number of carbonyl (C=O) groups is 4. The van der Waals surface area contributed by atoms with Crippen LogP contribution in [0.15, 0.2) is 60.2 Å². The summed E-state index contributed by atoms with van der Waals surface area (Å²) < 4.78 is 5.63. The Morgan fingerprint density at radius 3 is 2.37 bits per heavy atom. The standard InChI is InChI=1S/C34H34BrCl2N3O6/c1-46-26-15-21(41)7-8-23(26)28-22-9-10-24-27(25(22)16-33(36)31(44)39(18-35)32(45)34(28,33)37)30(43)40(29(24)42)20-11-13-38(14-12-20)17-19-5-3-2-4-6-19/h2-9,15,20,24-25,27-28,41H,10-14,16-18H2,1H3/t24-,25+,27-,28+,33+,34-/m0/s1. The Morgan fingerprint density at radius 1 is 0.978 bits per heavy atom. The van der Waals surface area contributed by atoms with Crippen LogP contribution < -0.4 is 4.74 Å². The van der Waals surface area contributed by atoms with Gasteiger partial charge in [0.1, 0.15) is 11.5 Å². The fourth-order valence-corrected chi connectivity index (χ4v) is 10.0. The maximum atomic E-state index is 14.4. The second kappa shape index (κ2) is 11.6. The van der Waals surface area contributed by atoms with Crippen LogP contribution >= 0.6 is 39.1 Å². The molecule has 46 heavy (non-hydrogen) atoms. The molecule has 1 saturated carbocycles. The summed E-state index contributed by atoms with van der Waals surface area (Å²) in [5.74, 6) is -4.41. The number of halogens is 3. The number of phenols is 1. The van der Waals surface area contributed by atoms with Gasteiger partial charge < -0.3 is 9.84 Å². The highest BCUT2D eigenvalue weighted by Gasteiger charge is 2.76. The second-order valence-electron chi connectivity index (χ2n) is 13.0. The maximum Gasteiger partial charge on any atom is 0.254 e. The van der Waals surface area contributed by atoms with Gasteiger partial charge in [-0.15, -0.1) is 23.2 Å². The smallest absolute Gasteiger partial charge is 0.254 e. The number of carbonyl (C=O) groups excluding carboxylic acids is 4. The molecule has 7 rings (SSSR count). The van der Waals surface area contributed by atoms with E-state index in [0.717, 1.165) is 24.5 Å². The summed E-state index contributed by atoms with van der Waals surface area (Å²) in [5.41, 5.74) is 2.28. The first-order chi connectivity index (χ1) is 22.0. The molecule has 2 aliphatic carbocycles. The number of methoxy groups -OCH3 is 1. The van der Waals surface area contributed by atoms with Crippen LogP contribution in [0.1, 0.15) is 42.7 Å². The van der Waals surface area contributed by atoms with Crippen molar-refractivity contribution in [3.63, 3.8) is 0 Å². The number of alkyl halides is 3. The second-order valence-corrected chi connectivity index (χ2v) is 14.7. The van der Waals surface area contributed by atoms with Crippen LogP contribution in [0.5, 0.6) is 11.5 Å². The van der Waals surface area contributed by atoms with Crippen molar-refractivity contribution in [1.29, 1.82) is 0 Å². The summed E-state index contributed by atoms with van der Waals surface area (Å²) in [7, 11) is 1.44. The molecule has 5 aliphatic rings. The molecule has 2 aromatic carbocycles. The molecule has 0 unspecified atom stereocenters. The van der Waals surface area contributed by atoms with Gasteiger partial charge in [0.05, 0.1) is 24.4 Å². The molecule has 242 valence electrons. The van der Waals surface area contributed by atoms with Crippen molar-refractivity contribution in [2.24, 2.45) is 17.8 Å². The first-order valence-corrected chi connectivity index (χ1v) is 17.4. The molecular weight excluding hydrogens is 697 g/mol. The molecule has 6 atom stereocenters. The molecule has 0 radical (unpaired) electrons. The zero-order valence-electron chi connectivity index (χ0n) is 25.2. The third kappa shape index (κ3) is 4.50. The SMILES string of the molecule is COc1cc(O)ccc1[C@H]1C2=CC[C@@H]3C(=O)N(C4CCN(Cc5ccccc5)CC4)C(=O)[C@@H]3[C@@H]2C[C@@]2(Cl)C(=O)N(CBr)C(=O)[C@@]12Cl. The highest BCUT2D eigenvalue weighted by molar-refractivity contribution is 9.09. The predicted molar refractivity (Wildman–Crippen MR) is 175 cm³/mol. The number of likely N-dealkylation sites (tertiary alicyclic amines) is 3. The molecule has 0 aromatic heterocycles. The molecule has 0 spiro atoms. The number of nitrogens with zero attached hydrogens (tertiary/aromatic N) is 3. The van der Waals surface area contributed by atoms with Gasteiger partial charge in [0.15, 0.2) is 9.75 Å². The van der Waals surface area contributed by atoms with E-state index in [1.165, 1.54) is 29.7 Å². The zero-order valence-corrected chi connectivity index (χ0v) is 28.3. The molecule has 9 nitrogen and oxygen atoms in total. The van der Waals surface area contributed by atoms with Crippen molar-refractivity contribution in [2.75, 3.05) is 25.7 Å². The number of amides is 4. The summed E-state index contributed by atoms with van der Waals surface area (Å²) in [6.45, 7) is 2.34. The fraction of sp³-hybridized carbons (Fsp3) is 0.471. The maximum absolute atomic E-state index is 14.4. The summed E-state index contributed by atoms with van der Waals surface area (Å²) >= 11 is 17.9. The Morgan fingerprint density at radius 2 is 1.70 bits per heavy atom. The number of hydrogen-bond donors (Lipinski definition) is 1. The fourth-order valence-electron chi connectivity index (χ4n) is 8.60. The Balaban J connectivity index is 1.23. The normalized spacial score (nSPS) is 33.2. The minimum atomic E-state index is -1.93. The molecule has 3 aliphatic heterocycles. The molecule has 0 bridgehead atoms. The molecule has 1 N–H and O–H groups in total. The molecule has 4 fully saturated rings. The van der Waals surface area contributed by atoms with E-state index in [1.807, 2.05) is 24.3 Å². The Kier molecular flexibility index (Phi) is 8.02. The van der Waals surface area contributed by atoms with Gasteiger partial charge in [-0.2, -0.15) is 0 Å². The topological polar surface area (TPSA) is 107 Å². The Hall–Kier alpha value is -2.92. The van der Waals surface area contributed by atoms with Crippen LogP contribution in [-0.2, 0) is 25.7 Å². The van der Waals surface area contributed by atoms with E-state index in [2.05, 4.69) is 33.0 Å². The van der Waals surface area contributed by atoms with Gasteiger partial charge in [-0.05, 0) is 43.2 Å². The van der Waals surface area contributed by atoms with Crippen molar-refractivity contribution in [2.45, 2.75) is 53.9 Å². The minimum absolute atomic E-state index is 0.0515. The number of piperidine rings is 1. The van der Waals surface area contributed by atoms with Gasteiger partial charge in [0.25, 0.3) is 11.8 Å². The van der Waals surface area contributed by atoms with E-state index in [0.29, 0.717) is 30.4 Å². The summed E-state index contributed by atoms with van der Waals surface area (Å²) in [4.78, 5) is 57.3. The average molecular weight is 731 g/mol. The van der Waals surface area contributed by atoms with E-state index in [-0.39, 0.29) is 41.2 Å². The van der Waals surface area contributed by atoms with Crippen molar-refractivity contribution in [1.82, 2.24) is 14.7 Å². The van der Waals surface area contributed by atoms with Gasteiger partial charge in [0, 0.05) is 43.2 Å². The lowest BCUT2D eigenvalue weighted by molar-refractivity contribution is -0.144. The minimum Gasteiger partial charge on any atom is -0.508 e. The first-order valence-electron chi connectivity index (χ1n) is 15.5. The van der Waals surface area contributed by atoms with Crippen LogP contribution in [0.2, 0.25) is 0 Å². The number of allylic oxidation sites excluding steroid dienone is 2. The number of benzene rings is 2. The monoisotopic (exact) mass is 729 g/mol. The van der Waals surface area contributed by atoms with E-state index in [1.54, 1.807) is 6.07 Å². The molecule has 3 heterocycles. The number of hydrogen-bond acceptors (Lipinski definition) is 7. The zero-order chi connectivity index (χ0) is 32.5. The van der Waals surface area contributed by atoms with Crippen LogP contribution in [0, 0.1) is 17.8 Å². The molecule has 3 saturated heterocycles. The van der Waals surface area contributed by atoms with Crippen LogP contribution in [0.4, 0.5) is 0 Å². The number of aromatic hydroxyl groups is 1. The lowest BCUT2D eigenvalue weighted by Crippen LogP contribution is -2.60. The van der Waals surface area contributed by atoms with Crippen molar-refractivity contribution in [3.8, 4) is 11.5 Å². The van der Waals surface area contributed by atoms with E-state index in [9.17, 15) is 24.3 Å². The van der Waals surface area contributed by atoms with Crippen LogP contribution in [-0.4, -0.2) is 84.9 Å². The lowest BCUT2D eigenvalue weighted by Gasteiger charge is -2.51. The number of fused-ring (bicyclic) bond motifs is 4. The Labute approximate surface area is 285 Å². The summed E-state index contributed by atoms with van der Waals surface area (Å²) in [5, 5.41) is 10.2. The van der Waals surface area contributed by atoms with Gasteiger partial charge in [0.2, 0.25) is 11.8 Å². The summed E-state index contributed by atoms with van der Waals surface area (Å²) in [6.07, 6.45) is 3.50. The van der Waals surface area contributed by atoms with Gasteiger partial charge in [-0.1, -0.05) is 64.0 Å². The third-order valence-electron chi connectivity index (χ3n) is 10.7. The van der Waals surface area contributed by atoms with Gasteiger partial charge >= 0.3 is 0 Å². The van der Waals surface area contributed by atoms with Crippen molar-refractivity contribution >= 4 is 62.8 Å². The van der Waals surface area contributed by atoms with E-state index in [4.69, 9.17) is 27.9 Å². The van der Waals surface area contributed by atoms with E-state index < -0.39 is 45.2 Å². The van der Waals surface area contributed by atoms with Crippen LogP contribution in [0.3, 0.4) is 0 Å². The number of ether oxygens (including phenoxy) is 1. The molecule has 2 aromatic rings. The first kappa shape index (κ1) is 31.7. The van der Waals surface area contributed by atoms with Gasteiger partial charge in [-0.25, -0.2) is 0 Å². The van der Waals surface area contributed by atoms with Gasteiger partial charge in [-0.3, -0.25) is 33.9 Å². The number of phenolic OH excluding ortho intramolecular Hbond substituents is 1. The van der Waals surface area contributed by atoms with Crippen molar-refractivity contribution < 1.29 is 29.0 Å². The highest BCUT2D eigenvalue weighted by Crippen LogP contribution is 2.66. The third-order valence-corrected chi connectivity index (χ3v) is 12.7. The Bertz CT molecular complexity index is 1650. The average Bonchev–Trinajstić information content (AvgIpc) is 3.39. The molecule has 12 heteroatoms. The number of rotatable bonds is 6. The highest BCUT2D eigenvalue weighted by atomic mass is 79.9. The van der Waals surface area contributed by atoms with Crippen LogP contribution in [0.25, 0.3) is 0 Å². The van der Waals surface area contributed by atoms with Crippen molar-refractivity contribution in [3.05, 3.63) is 71.3 Å². The largest absolute Gasteiger partial charge is 0.508 e. The molecular formula is C34H34BrCl2N3O6. The predicted octanol–water partition coefficient (Wildman–Crippen LogP) is 4.78. The van der Waals surface area contributed by atoms with E-state index >= 15 is 0 Å². The summed E-state index contributed by atoms with van der Waals surface area (Å²) in [6, 6.07) is 14.5. The quantitative estimate of drug-likeness (QED) is 0.198. The molecule has 4 amide bonds. The number of imide groups is 2.